The van der Waals surface area contributed by atoms with Gasteiger partial charge in [0, 0.05) is 6.42 Å². The molecule has 0 aromatic rings. The molecule has 0 aromatic heterocycles. The van der Waals surface area contributed by atoms with Crippen molar-refractivity contribution in [2.24, 2.45) is 0 Å². The third-order valence-corrected chi connectivity index (χ3v) is 4.66. The van der Waals surface area contributed by atoms with Crippen molar-refractivity contribution < 1.29 is 24.9 Å². The number of allylic oxidation sites excluding steroid dienone is 8. The largest absolute Gasteiger partial charge is 0.354 e. The summed E-state index contributed by atoms with van der Waals surface area (Å²) in [6, 6.07) is 0. The van der Waals surface area contributed by atoms with Gasteiger partial charge in [-0.15, -0.1) is 0 Å². The number of carbonyl (C=O) groups excluding carboxylic acids is 1. The lowest BCUT2D eigenvalue weighted by molar-refractivity contribution is -0.337. The van der Waals surface area contributed by atoms with Crippen LogP contribution in [0.3, 0.4) is 0 Å². The number of rotatable bonds is 16. The first-order chi connectivity index (χ1) is 13.4. The standard InChI is InChI=1S/C23H36O5/c1-2-3-4-5-6-7-8-9-10-11-12-13-14-15-16-17-18-19-21(24)22(20-28-22)23(25,26)27/h6-7,9-10,12-13,15-16,25-27H,2-5,8,11,14,17-20H2,1H3/b7-6-,10-9-,13-12-,16-15-. The Morgan fingerprint density at radius 1 is 0.857 bits per heavy atom. The van der Waals surface area contributed by atoms with Gasteiger partial charge in [-0.05, 0) is 44.9 Å². The smallest absolute Gasteiger partial charge is 0.316 e. The fraction of sp³-hybridized carbons (Fsp3) is 0.609. The number of ether oxygens (including phenoxy) is 1. The van der Waals surface area contributed by atoms with Gasteiger partial charge in [0.1, 0.15) is 0 Å². The Balaban J connectivity index is 2.00. The number of aliphatic hydroxyl groups is 3. The summed E-state index contributed by atoms with van der Waals surface area (Å²) in [7, 11) is 0. The van der Waals surface area contributed by atoms with Crippen molar-refractivity contribution in [2.75, 3.05) is 6.61 Å². The summed E-state index contributed by atoms with van der Waals surface area (Å²) in [6.07, 6.45) is 26.4. The molecule has 5 nitrogen and oxygen atoms in total. The predicted molar refractivity (Wildman–Crippen MR) is 111 cm³/mol. The maximum atomic E-state index is 11.9. The first kappa shape index (κ1) is 24.5. The van der Waals surface area contributed by atoms with Gasteiger partial charge in [-0.25, -0.2) is 0 Å². The summed E-state index contributed by atoms with van der Waals surface area (Å²) in [5.74, 6) is -3.57. The van der Waals surface area contributed by atoms with E-state index in [1.807, 2.05) is 12.2 Å². The Hall–Kier alpha value is -1.53. The van der Waals surface area contributed by atoms with E-state index in [1.54, 1.807) is 0 Å². The molecule has 3 N–H and O–H groups in total. The van der Waals surface area contributed by atoms with Gasteiger partial charge in [-0.1, -0.05) is 68.4 Å². The highest BCUT2D eigenvalue weighted by Gasteiger charge is 2.66. The second kappa shape index (κ2) is 13.6. The maximum absolute atomic E-state index is 11.9. The SMILES string of the molecule is CCCCC/C=C\C/C=C\C/C=C\C/C=C\CCCC(=O)C1(C(O)(O)O)CO1. The minimum absolute atomic E-state index is 0.140. The van der Waals surface area contributed by atoms with Crippen LogP contribution < -0.4 is 0 Å². The van der Waals surface area contributed by atoms with Crippen LogP contribution in [0, 0.1) is 0 Å². The Morgan fingerprint density at radius 3 is 1.75 bits per heavy atom. The van der Waals surface area contributed by atoms with Gasteiger partial charge >= 0.3 is 5.97 Å². The molecular formula is C23H36O5. The summed E-state index contributed by atoms with van der Waals surface area (Å²) in [5, 5.41) is 27.5. The Morgan fingerprint density at radius 2 is 1.32 bits per heavy atom. The van der Waals surface area contributed by atoms with E-state index in [1.165, 1.54) is 25.7 Å². The van der Waals surface area contributed by atoms with E-state index in [9.17, 15) is 4.79 Å². The van der Waals surface area contributed by atoms with Crippen LogP contribution in [0.4, 0.5) is 0 Å². The number of Topliss-reactive ketones (excluding diaryl/α,β-unsaturated/α-hetero) is 1. The molecule has 0 amide bonds. The average molecular weight is 393 g/mol. The normalized spacial score (nSPS) is 20.3. The second-order valence-corrected chi connectivity index (χ2v) is 7.16. The molecule has 1 unspecified atom stereocenters. The van der Waals surface area contributed by atoms with E-state index in [0.717, 1.165) is 25.7 Å². The molecule has 0 saturated carbocycles. The number of hydrogen-bond donors (Lipinski definition) is 3. The van der Waals surface area contributed by atoms with E-state index < -0.39 is 17.4 Å². The van der Waals surface area contributed by atoms with Crippen LogP contribution in [0.25, 0.3) is 0 Å². The number of epoxide rings is 1. The van der Waals surface area contributed by atoms with E-state index in [-0.39, 0.29) is 13.0 Å². The Labute approximate surface area is 169 Å². The molecule has 1 rings (SSSR count). The Bertz CT molecular complexity index is 548. The maximum Gasteiger partial charge on any atom is 0.316 e. The highest BCUT2D eigenvalue weighted by atomic mass is 16.7. The first-order valence-electron chi connectivity index (χ1n) is 10.4. The third kappa shape index (κ3) is 9.60. The average Bonchev–Trinajstić information content (AvgIpc) is 3.46. The molecule has 5 heteroatoms. The molecule has 0 aromatic carbocycles. The van der Waals surface area contributed by atoms with Gasteiger partial charge in [-0.2, -0.15) is 0 Å². The van der Waals surface area contributed by atoms with Crippen LogP contribution in [0.15, 0.2) is 48.6 Å². The number of hydrogen-bond acceptors (Lipinski definition) is 5. The van der Waals surface area contributed by atoms with Gasteiger partial charge in [0.05, 0.1) is 6.61 Å². The van der Waals surface area contributed by atoms with Crippen LogP contribution in [-0.4, -0.2) is 39.3 Å². The molecule has 0 aliphatic carbocycles. The summed E-state index contributed by atoms with van der Waals surface area (Å²) in [5.41, 5.74) is -1.84. The zero-order chi connectivity index (χ0) is 20.7. The molecule has 0 spiro atoms. The molecule has 0 radical (unpaired) electrons. The van der Waals surface area contributed by atoms with Crippen molar-refractivity contribution in [3.63, 3.8) is 0 Å². The summed E-state index contributed by atoms with van der Waals surface area (Å²) < 4.78 is 4.77. The molecule has 1 saturated heterocycles. The highest BCUT2D eigenvalue weighted by Crippen LogP contribution is 2.37. The molecule has 1 atom stereocenters. The van der Waals surface area contributed by atoms with E-state index in [4.69, 9.17) is 20.1 Å². The molecule has 28 heavy (non-hydrogen) atoms. The highest BCUT2D eigenvalue weighted by molar-refractivity contribution is 5.90. The monoisotopic (exact) mass is 392 g/mol. The van der Waals surface area contributed by atoms with Crippen LogP contribution in [0.2, 0.25) is 0 Å². The summed E-state index contributed by atoms with van der Waals surface area (Å²) >= 11 is 0. The van der Waals surface area contributed by atoms with Crippen LogP contribution in [-0.2, 0) is 9.53 Å². The second-order valence-electron chi connectivity index (χ2n) is 7.16. The lowest BCUT2D eigenvalue weighted by atomic mass is 9.98. The molecule has 158 valence electrons. The van der Waals surface area contributed by atoms with Crippen molar-refractivity contribution in [3.05, 3.63) is 48.6 Å². The van der Waals surface area contributed by atoms with Crippen LogP contribution in [0.1, 0.15) is 71.1 Å². The van der Waals surface area contributed by atoms with Gasteiger partial charge < -0.3 is 20.1 Å². The van der Waals surface area contributed by atoms with E-state index >= 15 is 0 Å². The van der Waals surface area contributed by atoms with Crippen molar-refractivity contribution in [3.8, 4) is 0 Å². The predicted octanol–water partition coefficient (Wildman–Crippen LogP) is 4.10. The van der Waals surface area contributed by atoms with Crippen LogP contribution >= 0.6 is 0 Å². The van der Waals surface area contributed by atoms with Crippen molar-refractivity contribution >= 4 is 5.78 Å². The Kier molecular flexibility index (Phi) is 11.9. The van der Waals surface area contributed by atoms with Crippen molar-refractivity contribution in [1.82, 2.24) is 0 Å². The number of ketones is 1. The third-order valence-electron chi connectivity index (χ3n) is 4.66. The zero-order valence-corrected chi connectivity index (χ0v) is 17.1. The lowest BCUT2D eigenvalue weighted by Crippen LogP contribution is -2.50. The summed E-state index contributed by atoms with van der Waals surface area (Å²) in [4.78, 5) is 11.9. The van der Waals surface area contributed by atoms with E-state index in [2.05, 4.69) is 43.4 Å². The van der Waals surface area contributed by atoms with Gasteiger partial charge in [-0.3, -0.25) is 4.79 Å². The quantitative estimate of drug-likeness (QED) is 0.159. The molecule has 1 heterocycles. The van der Waals surface area contributed by atoms with Crippen LogP contribution in [0.5, 0.6) is 0 Å². The topological polar surface area (TPSA) is 90.3 Å². The zero-order valence-electron chi connectivity index (χ0n) is 17.1. The van der Waals surface area contributed by atoms with Gasteiger partial charge in [0.15, 0.2) is 5.78 Å². The minimum Gasteiger partial charge on any atom is -0.354 e. The van der Waals surface area contributed by atoms with Gasteiger partial charge in [0.25, 0.3) is 0 Å². The number of unbranched alkanes of at least 4 members (excludes halogenated alkanes) is 4. The van der Waals surface area contributed by atoms with E-state index in [0.29, 0.717) is 6.42 Å². The van der Waals surface area contributed by atoms with Crippen molar-refractivity contribution in [1.29, 1.82) is 0 Å². The lowest BCUT2D eigenvalue weighted by Gasteiger charge is -2.20. The fourth-order valence-electron chi connectivity index (χ4n) is 2.76. The number of carbonyl (C=O) groups is 1. The molecule has 0 bridgehead atoms. The summed E-state index contributed by atoms with van der Waals surface area (Å²) in [6.45, 7) is 2.07. The minimum atomic E-state index is -3.09. The molecular weight excluding hydrogens is 356 g/mol. The van der Waals surface area contributed by atoms with Crippen molar-refractivity contribution in [2.45, 2.75) is 82.7 Å². The first-order valence-corrected chi connectivity index (χ1v) is 10.4. The van der Waals surface area contributed by atoms with Gasteiger partial charge in [0.2, 0.25) is 5.60 Å². The molecule has 1 aliphatic heterocycles. The molecule has 1 aliphatic rings. The fourth-order valence-corrected chi connectivity index (χ4v) is 2.76. The molecule has 1 fully saturated rings.